The van der Waals surface area contributed by atoms with Gasteiger partial charge in [-0.1, -0.05) is 0 Å². The van der Waals surface area contributed by atoms with Crippen molar-refractivity contribution in [3.8, 4) is 5.75 Å². The molecule has 0 bridgehead atoms. The SMILES string of the molecule is COc1ccc2c(c1)nc(N)n2C1CCOC1C1CC1. The van der Waals surface area contributed by atoms with Gasteiger partial charge in [0.25, 0.3) is 0 Å². The van der Waals surface area contributed by atoms with Crippen LogP contribution < -0.4 is 10.5 Å². The first-order valence-electron chi connectivity index (χ1n) is 7.21. The summed E-state index contributed by atoms with van der Waals surface area (Å²) in [5.41, 5.74) is 8.13. The van der Waals surface area contributed by atoms with Crippen molar-refractivity contribution in [3.63, 3.8) is 0 Å². The molecule has 20 heavy (non-hydrogen) atoms. The highest BCUT2D eigenvalue weighted by Gasteiger charge is 2.42. The van der Waals surface area contributed by atoms with E-state index in [0.717, 1.165) is 29.8 Å². The Hall–Kier alpha value is -1.75. The summed E-state index contributed by atoms with van der Waals surface area (Å²) < 4.78 is 13.3. The number of hydrogen-bond donors (Lipinski definition) is 1. The van der Waals surface area contributed by atoms with Crippen molar-refractivity contribution >= 4 is 17.0 Å². The second kappa shape index (κ2) is 4.38. The molecule has 0 amide bonds. The summed E-state index contributed by atoms with van der Waals surface area (Å²) in [7, 11) is 1.66. The van der Waals surface area contributed by atoms with Gasteiger partial charge in [0.1, 0.15) is 5.75 Å². The minimum Gasteiger partial charge on any atom is -0.497 e. The first kappa shape index (κ1) is 12.0. The van der Waals surface area contributed by atoms with E-state index in [1.165, 1.54) is 12.8 Å². The van der Waals surface area contributed by atoms with Gasteiger partial charge in [-0.25, -0.2) is 4.98 Å². The maximum Gasteiger partial charge on any atom is 0.201 e. The second-order valence-electron chi connectivity index (χ2n) is 5.72. The third kappa shape index (κ3) is 1.77. The maximum absolute atomic E-state index is 6.16. The van der Waals surface area contributed by atoms with E-state index in [1.807, 2.05) is 18.2 Å². The van der Waals surface area contributed by atoms with Gasteiger partial charge in [-0.05, 0) is 37.3 Å². The molecular weight excluding hydrogens is 254 g/mol. The topological polar surface area (TPSA) is 62.3 Å². The molecule has 5 nitrogen and oxygen atoms in total. The van der Waals surface area contributed by atoms with Crippen LogP contribution in [0, 0.1) is 5.92 Å². The van der Waals surface area contributed by atoms with Gasteiger partial charge in [0.15, 0.2) is 0 Å². The van der Waals surface area contributed by atoms with Gasteiger partial charge in [0, 0.05) is 12.7 Å². The Morgan fingerprint density at radius 3 is 2.95 bits per heavy atom. The molecule has 5 heteroatoms. The predicted octanol–water partition coefficient (Wildman–Crippen LogP) is 2.37. The van der Waals surface area contributed by atoms with Crippen LogP contribution in [0.15, 0.2) is 18.2 Å². The summed E-state index contributed by atoms with van der Waals surface area (Å²) in [6, 6.07) is 6.26. The van der Waals surface area contributed by atoms with E-state index in [0.29, 0.717) is 24.0 Å². The van der Waals surface area contributed by atoms with E-state index < -0.39 is 0 Å². The number of hydrogen-bond acceptors (Lipinski definition) is 4. The minimum atomic E-state index is 0.303. The molecule has 2 N–H and O–H groups in total. The molecule has 2 aliphatic rings. The lowest BCUT2D eigenvalue weighted by atomic mass is 10.1. The van der Waals surface area contributed by atoms with Gasteiger partial charge in [0.05, 0.1) is 30.3 Å². The predicted molar refractivity (Wildman–Crippen MR) is 76.8 cm³/mol. The van der Waals surface area contributed by atoms with Crippen LogP contribution in [-0.4, -0.2) is 29.4 Å². The van der Waals surface area contributed by atoms with Crippen molar-refractivity contribution in [3.05, 3.63) is 18.2 Å². The molecule has 2 unspecified atom stereocenters. The lowest BCUT2D eigenvalue weighted by Crippen LogP contribution is -2.23. The van der Waals surface area contributed by atoms with Crippen LogP contribution in [0.2, 0.25) is 0 Å². The number of nitrogens with two attached hydrogens (primary N) is 1. The number of methoxy groups -OCH3 is 1. The number of fused-ring (bicyclic) bond motifs is 1. The fourth-order valence-corrected chi connectivity index (χ4v) is 3.32. The van der Waals surface area contributed by atoms with Crippen LogP contribution in [0.5, 0.6) is 5.75 Å². The van der Waals surface area contributed by atoms with Gasteiger partial charge in [-0.3, -0.25) is 0 Å². The Morgan fingerprint density at radius 1 is 1.35 bits per heavy atom. The molecule has 2 fully saturated rings. The van der Waals surface area contributed by atoms with Crippen molar-refractivity contribution in [2.45, 2.75) is 31.4 Å². The van der Waals surface area contributed by atoms with E-state index >= 15 is 0 Å². The van der Waals surface area contributed by atoms with Gasteiger partial charge in [-0.2, -0.15) is 0 Å². The van der Waals surface area contributed by atoms with Crippen molar-refractivity contribution < 1.29 is 9.47 Å². The summed E-state index contributed by atoms with van der Waals surface area (Å²) in [5, 5.41) is 0. The van der Waals surface area contributed by atoms with E-state index in [4.69, 9.17) is 15.2 Å². The fourth-order valence-electron chi connectivity index (χ4n) is 3.32. The molecule has 1 aromatic carbocycles. The Balaban J connectivity index is 1.80. The zero-order chi connectivity index (χ0) is 13.7. The van der Waals surface area contributed by atoms with Crippen molar-refractivity contribution in [2.75, 3.05) is 19.5 Å². The average molecular weight is 273 g/mol. The Morgan fingerprint density at radius 2 is 2.20 bits per heavy atom. The summed E-state index contributed by atoms with van der Waals surface area (Å²) in [4.78, 5) is 4.49. The molecular formula is C15H19N3O2. The number of benzene rings is 1. The third-order valence-electron chi connectivity index (χ3n) is 4.45. The molecule has 0 radical (unpaired) electrons. The van der Waals surface area contributed by atoms with Crippen molar-refractivity contribution in [1.29, 1.82) is 0 Å². The summed E-state index contributed by atoms with van der Waals surface area (Å²) in [5.74, 6) is 2.09. The Bertz CT molecular complexity index is 648. The molecule has 4 rings (SSSR count). The molecule has 1 aliphatic heterocycles. The number of rotatable bonds is 3. The number of nitrogens with zero attached hydrogens (tertiary/aromatic N) is 2. The van der Waals surface area contributed by atoms with Crippen LogP contribution in [0.4, 0.5) is 5.95 Å². The molecule has 1 aliphatic carbocycles. The van der Waals surface area contributed by atoms with Crippen LogP contribution in [-0.2, 0) is 4.74 Å². The minimum absolute atomic E-state index is 0.303. The molecule has 2 heterocycles. The largest absolute Gasteiger partial charge is 0.497 e. The average Bonchev–Trinajstić information content (AvgIpc) is 3.10. The number of ether oxygens (including phenoxy) is 2. The fraction of sp³-hybridized carbons (Fsp3) is 0.533. The van der Waals surface area contributed by atoms with Crippen LogP contribution in [0.3, 0.4) is 0 Å². The number of nitrogen functional groups attached to an aromatic ring is 1. The summed E-state index contributed by atoms with van der Waals surface area (Å²) in [6.07, 6.45) is 3.88. The molecule has 1 saturated heterocycles. The first-order valence-corrected chi connectivity index (χ1v) is 7.21. The summed E-state index contributed by atoms with van der Waals surface area (Å²) in [6.45, 7) is 0.821. The van der Waals surface area contributed by atoms with Gasteiger partial charge in [-0.15, -0.1) is 0 Å². The third-order valence-corrected chi connectivity index (χ3v) is 4.45. The van der Waals surface area contributed by atoms with Gasteiger partial charge < -0.3 is 19.8 Å². The molecule has 0 spiro atoms. The monoisotopic (exact) mass is 273 g/mol. The number of imidazole rings is 1. The molecule has 106 valence electrons. The zero-order valence-corrected chi connectivity index (χ0v) is 11.6. The highest BCUT2D eigenvalue weighted by Crippen LogP contribution is 2.45. The van der Waals surface area contributed by atoms with Crippen LogP contribution in [0.1, 0.15) is 25.3 Å². The molecule has 2 atom stereocenters. The van der Waals surface area contributed by atoms with E-state index in [2.05, 4.69) is 9.55 Å². The molecule has 1 saturated carbocycles. The van der Waals surface area contributed by atoms with E-state index in [9.17, 15) is 0 Å². The van der Waals surface area contributed by atoms with Gasteiger partial charge in [0.2, 0.25) is 5.95 Å². The quantitative estimate of drug-likeness (QED) is 0.932. The second-order valence-corrected chi connectivity index (χ2v) is 5.72. The summed E-state index contributed by atoms with van der Waals surface area (Å²) >= 11 is 0. The van der Waals surface area contributed by atoms with Gasteiger partial charge >= 0.3 is 0 Å². The Kier molecular flexibility index (Phi) is 2.63. The highest BCUT2D eigenvalue weighted by atomic mass is 16.5. The normalized spacial score (nSPS) is 26.2. The highest BCUT2D eigenvalue weighted by molar-refractivity contribution is 5.80. The first-order chi connectivity index (χ1) is 9.78. The van der Waals surface area contributed by atoms with Crippen LogP contribution >= 0.6 is 0 Å². The Labute approximate surface area is 117 Å². The zero-order valence-electron chi connectivity index (χ0n) is 11.6. The lowest BCUT2D eigenvalue weighted by molar-refractivity contribution is 0.0762. The van der Waals surface area contributed by atoms with Crippen molar-refractivity contribution in [2.24, 2.45) is 5.92 Å². The number of aromatic nitrogens is 2. The van der Waals surface area contributed by atoms with Crippen LogP contribution in [0.25, 0.3) is 11.0 Å². The van der Waals surface area contributed by atoms with Crippen molar-refractivity contribution in [1.82, 2.24) is 9.55 Å². The standard InChI is InChI=1S/C15H19N3O2/c1-19-10-4-5-12-11(8-10)17-15(16)18(12)13-6-7-20-14(13)9-2-3-9/h4-5,8-9,13-14H,2-3,6-7H2,1H3,(H2,16,17). The number of anilines is 1. The van der Waals surface area contributed by atoms with E-state index in [1.54, 1.807) is 7.11 Å². The maximum atomic E-state index is 6.16. The smallest absolute Gasteiger partial charge is 0.201 e. The lowest BCUT2D eigenvalue weighted by Gasteiger charge is -2.21. The molecule has 2 aromatic rings. The van der Waals surface area contributed by atoms with E-state index in [-0.39, 0.29) is 0 Å². The molecule has 1 aromatic heterocycles.